The minimum atomic E-state index is -0.665. The number of azide groups is 1. The van der Waals surface area contributed by atoms with E-state index in [1.807, 2.05) is 0 Å². The molecule has 19 heavy (non-hydrogen) atoms. The highest BCUT2D eigenvalue weighted by Crippen LogP contribution is 2.36. The average Bonchev–Trinajstić information content (AvgIpc) is 2.62. The first-order chi connectivity index (χ1) is 9.09. The molecule has 0 atom stereocenters. The van der Waals surface area contributed by atoms with E-state index in [-0.39, 0.29) is 11.9 Å². The molecule has 1 aliphatic heterocycles. The van der Waals surface area contributed by atoms with Crippen LogP contribution in [0.4, 0.5) is 4.79 Å². The zero-order valence-electron chi connectivity index (χ0n) is 11.1. The van der Waals surface area contributed by atoms with Gasteiger partial charge in [0.15, 0.2) is 0 Å². The molecule has 1 saturated heterocycles. The summed E-state index contributed by atoms with van der Waals surface area (Å²) in [6.45, 7) is 2.80. The van der Waals surface area contributed by atoms with E-state index in [1.54, 1.807) is 0 Å². The number of imide groups is 1. The van der Waals surface area contributed by atoms with Crippen molar-refractivity contribution >= 4 is 11.9 Å². The normalized spacial score (nSPS) is 30.4. The topological polar surface area (TPSA) is 98.2 Å². The molecule has 3 amide bonds. The number of carbonyl (C=O) groups excluding carboxylic acids is 2. The second-order valence-corrected chi connectivity index (χ2v) is 5.46. The van der Waals surface area contributed by atoms with Gasteiger partial charge < -0.3 is 5.32 Å². The van der Waals surface area contributed by atoms with Gasteiger partial charge in [-0.25, -0.2) is 4.79 Å². The van der Waals surface area contributed by atoms with Crippen LogP contribution in [0.15, 0.2) is 5.11 Å². The number of nitrogens with zero attached hydrogens (tertiary/aromatic N) is 4. The van der Waals surface area contributed by atoms with Gasteiger partial charge in [-0.2, -0.15) is 0 Å². The molecule has 7 nitrogen and oxygen atoms in total. The first-order valence-electron chi connectivity index (χ1n) is 6.74. The third kappa shape index (κ3) is 2.66. The SMILES string of the molecule is CC1CCC2(CC1)NC(=O)N(CCCN=[N+]=[N-])C2=O. The van der Waals surface area contributed by atoms with Crippen molar-refractivity contribution < 1.29 is 9.59 Å². The molecule has 0 bridgehead atoms. The molecule has 1 saturated carbocycles. The van der Waals surface area contributed by atoms with Crippen LogP contribution in [0.2, 0.25) is 0 Å². The molecule has 2 aliphatic rings. The smallest absolute Gasteiger partial charge is 0.323 e. The van der Waals surface area contributed by atoms with Crippen molar-refractivity contribution in [3.8, 4) is 0 Å². The van der Waals surface area contributed by atoms with Gasteiger partial charge in [-0.05, 0) is 43.6 Å². The van der Waals surface area contributed by atoms with E-state index in [9.17, 15) is 9.59 Å². The number of hydrogen-bond donors (Lipinski definition) is 1. The Kier molecular flexibility index (Phi) is 3.95. The van der Waals surface area contributed by atoms with Gasteiger partial charge in [-0.1, -0.05) is 12.0 Å². The van der Waals surface area contributed by atoms with E-state index >= 15 is 0 Å². The maximum Gasteiger partial charge on any atom is 0.325 e. The summed E-state index contributed by atoms with van der Waals surface area (Å²) < 4.78 is 0. The van der Waals surface area contributed by atoms with Gasteiger partial charge in [0.25, 0.3) is 5.91 Å². The van der Waals surface area contributed by atoms with Crippen LogP contribution in [-0.4, -0.2) is 35.5 Å². The molecule has 2 fully saturated rings. The van der Waals surface area contributed by atoms with E-state index in [0.29, 0.717) is 25.4 Å². The molecule has 1 spiro atoms. The highest BCUT2D eigenvalue weighted by molar-refractivity contribution is 6.07. The average molecular weight is 265 g/mol. The lowest BCUT2D eigenvalue weighted by Gasteiger charge is -2.33. The number of rotatable bonds is 4. The third-order valence-corrected chi connectivity index (χ3v) is 4.08. The summed E-state index contributed by atoms with van der Waals surface area (Å²) in [4.78, 5) is 28.2. The fourth-order valence-corrected chi connectivity index (χ4v) is 2.82. The fourth-order valence-electron chi connectivity index (χ4n) is 2.82. The monoisotopic (exact) mass is 265 g/mol. The standard InChI is InChI=1S/C12H19N5O2/c1-9-3-5-12(6-4-9)10(18)17(11(19)15-12)8-2-7-14-16-13/h9H,2-8H2,1H3,(H,15,19). The third-order valence-electron chi connectivity index (χ3n) is 4.08. The summed E-state index contributed by atoms with van der Waals surface area (Å²) in [6.07, 6.45) is 3.91. The van der Waals surface area contributed by atoms with E-state index in [2.05, 4.69) is 22.3 Å². The predicted octanol–water partition coefficient (Wildman–Crippen LogP) is 2.19. The van der Waals surface area contributed by atoms with Crippen molar-refractivity contribution in [1.82, 2.24) is 10.2 Å². The summed E-state index contributed by atoms with van der Waals surface area (Å²) in [6, 6.07) is -0.305. The van der Waals surface area contributed by atoms with Crippen LogP contribution >= 0.6 is 0 Å². The van der Waals surface area contributed by atoms with Crippen LogP contribution in [0.25, 0.3) is 10.4 Å². The molecule has 0 aromatic heterocycles. The molecule has 0 aromatic rings. The molecule has 2 rings (SSSR count). The quantitative estimate of drug-likeness (QED) is 0.277. The van der Waals surface area contributed by atoms with Crippen LogP contribution in [0.1, 0.15) is 39.0 Å². The van der Waals surface area contributed by atoms with Crippen LogP contribution in [0.5, 0.6) is 0 Å². The van der Waals surface area contributed by atoms with Crippen molar-refractivity contribution in [1.29, 1.82) is 0 Å². The lowest BCUT2D eigenvalue weighted by molar-refractivity contribution is -0.132. The summed E-state index contributed by atoms with van der Waals surface area (Å²) in [5, 5.41) is 6.27. The molecule has 1 N–H and O–H groups in total. The van der Waals surface area contributed by atoms with Crippen molar-refractivity contribution in [2.75, 3.05) is 13.1 Å². The first-order valence-corrected chi connectivity index (χ1v) is 6.74. The van der Waals surface area contributed by atoms with E-state index in [1.165, 1.54) is 4.90 Å². The lowest BCUT2D eigenvalue weighted by atomic mass is 9.77. The van der Waals surface area contributed by atoms with Gasteiger partial charge in [0, 0.05) is 18.0 Å². The molecular weight excluding hydrogens is 246 g/mol. The molecule has 0 unspecified atom stereocenters. The number of carbonyl (C=O) groups is 2. The zero-order chi connectivity index (χ0) is 13.9. The molecule has 0 radical (unpaired) electrons. The lowest BCUT2D eigenvalue weighted by Crippen LogP contribution is -2.49. The maximum absolute atomic E-state index is 12.4. The predicted molar refractivity (Wildman–Crippen MR) is 69.2 cm³/mol. The Morgan fingerprint density at radius 2 is 2.16 bits per heavy atom. The summed E-state index contributed by atoms with van der Waals surface area (Å²) >= 11 is 0. The Morgan fingerprint density at radius 1 is 1.47 bits per heavy atom. The van der Waals surface area contributed by atoms with Gasteiger partial charge in [0.1, 0.15) is 5.54 Å². The van der Waals surface area contributed by atoms with Crippen LogP contribution < -0.4 is 5.32 Å². The summed E-state index contributed by atoms with van der Waals surface area (Å²) in [7, 11) is 0. The first kappa shape index (κ1) is 13.7. The molecule has 1 aliphatic carbocycles. The Labute approximate surface area is 112 Å². The Morgan fingerprint density at radius 3 is 2.79 bits per heavy atom. The van der Waals surface area contributed by atoms with Gasteiger partial charge in [-0.3, -0.25) is 9.69 Å². The van der Waals surface area contributed by atoms with Crippen LogP contribution in [0, 0.1) is 5.92 Å². The minimum Gasteiger partial charge on any atom is -0.323 e. The highest BCUT2D eigenvalue weighted by atomic mass is 16.2. The fraction of sp³-hybridized carbons (Fsp3) is 0.833. The second-order valence-electron chi connectivity index (χ2n) is 5.46. The molecule has 104 valence electrons. The van der Waals surface area contributed by atoms with Crippen LogP contribution in [-0.2, 0) is 4.79 Å². The zero-order valence-corrected chi connectivity index (χ0v) is 11.1. The van der Waals surface area contributed by atoms with Gasteiger partial charge in [0.05, 0.1) is 0 Å². The van der Waals surface area contributed by atoms with Gasteiger partial charge in [-0.15, -0.1) is 0 Å². The molecule has 1 heterocycles. The molecule has 0 aromatic carbocycles. The number of amides is 3. The Bertz CT molecular complexity index is 422. The van der Waals surface area contributed by atoms with E-state index in [0.717, 1.165) is 25.7 Å². The minimum absolute atomic E-state index is 0.106. The second kappa shape index (κ2) is 5.48. The van der Waals surface area contributed by atoms with Gasteiger partial charge >= 0.3 is 6.03 Å². The van der Waals surface area contributed by atoms with Crippen molar-refractivity contribution in [3.63, 3.8) is 0 Å². The Balaban J connectivity index is 1.98. The van der Waals surface area contributed by atoms with Gasteiger partial charge in [0.2, 0.25) is 0 Å². The summed E-state index contributed by atoms with van der Waals surface area (Å²) in [5.41, 5.74) is 7.52. The van der Waals surface area contributed by atoms with E-state index in [4.69, 9.17) is 5.53 Å². The number of nitrogens with one attached hydrogen (secondary N) is 1. The van der Waals surface area contributed by atoms with E-state index < -0.39 is 5.54 Å². The maximum atomic E-state index is 12.4. The summed E-state index contributed by atoms with van der Waals surface area (Å²) in [5.74, 6) is 0.514. The van der Waals surface area contributed by atoms with Crippen LogP contribution in [0.3, 0.4) is 0 Å². The van der Waals surface area contributed by atoms with Crippen molar-refractivity contribution in [3.05, 3.63) is 10.4 Å². The number of urea groups is 1. The Hall–Kier alpha value is -1.75. The molecular formula is C12H19N5O2. The molecule has 7 heteroatoms. The number of hydrogen-bond acceptors (Lipinski definition) is 3. The van der Waals surface area contributed by atoms with Crippen molar-refractivity contribution in [2.24, 2.45) is 11.0 Å². The largest absolute Gasteiger partial charge is 0.325 e. The van der Waals surface area contributed by atoms with Crippen molar-refractivity contribution in [2.45, 2.75) is 44.6 Å². The highest BCUT2D eigenvalue weighted by Gasteiger charge is 2.51.